The van der Waals surface area contributed by atoms with Crippen LogP contribution in [-0.2, 0) is 105 Å². The number of imidazole rings is 1. The molecule has 0 saturated carbocycles. The van der Waals surface area contributed by atoms with Gasteiger partial charge in [0, 0.05) is 89.1 Å². The Hall–Kier alpha value is -10.2. The summed E-state index contributed by atoms with van der Waals surface area (Å²) in [7, 11) is -4.67. The Labute approximate surface area is 804 Å². The quantitative estimate of drug-likeness (QED) is 0.0127. The highest BCUT2D eigenvalue weighted by molar-refractivity contribution is 8.14. The minimum absolute atomic E-state index is 0.00155. The van der Waals surface area contributed by atoms with Gasteiger partial charge < -0.3 is 124 Å². The van der Waals surface area contributed by atoms with Crippen molar-refractivity contribution in [1.29, 1.82) is 0 Å². The van der Waals surface area contributed by atoms with E-state index in [0.717, 1.165) is 17.9 Å². The van der Waals surface area contributed by atoms with E-state index >= 15 is 0 Å². The van der Waals surface area contributed by atoms with Gasteiger partial charge in [-0.2, -0.15) is 8.42 Å². The molecule has 48 nitrogen and oxygen atoms in total. The number of amides is 12. The number of thioether (sulfide) groups is 1. The number of Topliss-reactive ketones (excluding diaryl/α,β-unsaturated/α-hetero) is 5. The lowest BCUT2D eigenvalue weighted by atomic mass is 9.89. The number of aliphatic imine (C=N–C) groups is 1. The van der Waals surface area contributed by atoms with Crippen LogP contribution < -0.4 is 120 Å². The molecule has 0 bridgehead atoms. The molecule has 2 aliphatic heterocycles. The number of aromatic nitrogens is 2. The number of aliphatic hydroxyl groups excluding tert-OH is 2. The van der Waals surface area contributed by atoms with Crippen LogP contribution in [0.2, 0.25) is 0 Å². The molecule has 2 aromatic rings. The maximum Gasteiger partial charge on any atom is 0.394 e. The number of hydrogen-bond acceptors (Lipinski definition) is 34. The number of nitrogens with zero attached hydrogens (tertiary/aromatic N) is 2. The molecule has 774 valence electrons. The highest BCUT2D eigenvalue weighted by Crippen LogP contribution is 2.26. The maximum atomic E-state index is 14.4. The lowest BCUT2D eigenvalue weighted by Gasteiger charge is -2.28. The summed E-state index contributed by atoms with van der Waals surface area (Å²) in [4.78, 5) is 240. The first-order valence-corrected chi connectivity index (χ1v) is 48.8. The van der Waals surface area contributed by atoms with E-state index < -0.39 is 204 Å². The number of ketones is 5. The zero-order valence-corrected chi connectivity index (χ0v) is 81.5. The van der Waals surface area contributed by atoms with Crippen LogP contribution >= 0.6 is 11.8 Å². The monoisotopic (exact) mass is 1980 g/mol. The highest BCUT2D eigenvalue weighted by atomic mass is 32.3. The molecule has 3 heterocycles. The number of carbonyl (C=O) groups is 17. The van der Waals surface area contributed by atoms with Crippen molar-refractivity contribution in [2.75, 3.05) is 78.0 Å². The summed E-state index contributed by atoms with van der Waals surface area (Å²) in [5, 5.41) is 61.0. The number of likely N-dealkylation sites (N-methyl/N-ethyl adjacent to an activating group) is 1. The summed E-state index contributed by atoms with van der Waals surface area (Å²) < 4.78 is 31.6. The predicted molar refractivity (Wildman–Crippen MR) is 511 cm³/mol. The van der Waals surface area contributed by atoms with Crippen LogP contribution in [0.25, 0.3) is 0 Å². The van der Waals surface area contributed by atoms with Gasteiger partial charge in [-0.25, -0.2) is 4.98 Å². The van der Waals surface area contributed by atoms with Gasteiger partial charge >= 0.3 is 10.4 Å². The van der Waals surface area contributed by atoms with Crippen molar-refractivity contribution in [3.63, 3.8) is 0 Å². The summed E-state index contributed by atoms with van der Waals surface area (Å²) in [5.74, 6) is -9.92. The topological polar surface area (TPSA) is 809 Å². The number of aromatic amines is 1. The van der Waals surface area contributed by atoms with Crippen molar-refractivity contribution in [3.8, 4) is 0 Å². The number of nitrogens with two attached hydrogens (primary N) is 7. The molecular weight excluding hydrogens is 1830 g/mol. The number of primary amides is 1. The molecule has 34 N–H and O–H groups in total. The Morgan fingerprint density at radius 1 is 0.562 bits per heavy atom. The Morgan fingerprint density at radius 2 is 1.05 bits per heavy atom. The molecule has 19 atom stereocenters. The predicted octanol–water partition coefficient (Wildman–Crippen LogP) is -6.85. The van der Waals surface area contributed by atoms with E-state index in [1.807, 2.05) is 27.7 Å². The molecule has 2 aliphatic rings. The standard InChI is InChI=1S/C48H82N16O13.C39H67N9O6S.H2O4S/c1-27(2)24-37-47(76)59-32(11-19-52)41(70)56-31(10-18-51)43(72)61-35(14-22-65)39(68)54-21-13-34(45(74)57-33(12-20-53)44(73)64-38(48(77)63-37)25-28-6-4-3-5-7-28)60-42(71)30(9-17-50)58-46(75)36(15-23-66)62-40(69)29(8-16-49)55-26-67;1-8-23(5)36(41)39-48-29(20-55-39)30(49)14-15-44-37(24(6)9-2)31(50)12-13-32(51)38(25(7)10-3)47-22-46-27(16-26-19-42-21-45-26)33(52)18-34(53)28(43-11-4)17-35(40)54;1-5(2,3)4/h3-7,26-27,29-38,65-66H,8-25,49-53H2,1-2H3,(H,54,68)(H,55,67)(H,56,70)(H,57,74)(H,58,75)(H,59,76)(H,60,71)(H,61,72)(H,62,69)(H,63,77)(H,64,73);19,21,23-25,27-29,36-38,43-44,46-47H,8-18,20,22,41H2,1-7H3,(H2,40,54)(H,42,45);(H2,1,2,3,4)/t;23?,24-,25-,27+,28+,29?,36?,37+,38+;/m.1./s1. The number of carbonyl (C=O) groups excluding carboxylic acids is 17. The lowest BCUT2D eigenvalue weighted by molar-refractivity contribution is -0.136. The number of rotatable bonds is 57. The largest absolute Gasteiger partial charge is 0.396 e. The van der Waals surface area contributed by atoms with Crippen LogP contribution in [0.4, 0.5) is 0 Å². The van der Waals surface area contributed by atoms with Crippen LogP contribution in [-0.4, -0.2) is 318 Å². The van der Waals surface area contributed by atoms with Crippen LogP contribution in [0.15, 0.2) is 47.8 Å². The molecule has 137 heavy (non-hydrogen) atoms. The normalized spacial score (nSPS) is 20.7. The smallest absolute Gasteiger partial charge is 0.394 e. The molecule has 1 aromatic heterocycles. The maximum absolute atomic E-state index is 14.4. The van der Waals surface area contributed by atoms with E-state index in [1.165, 1.54) is 6.33 Å². The number of hydrogen-bond donors (Lipinski definition) is 27. The molecule has 1 fully saturated rings. The molecule has 1 saturated heterocycles. The first-order chi connectivity index (χ1) is 65.0. The fraction of sp³-hybridized carbons (Fsp3) is 0.690. The Bertz CT molecular complexity index is 4270. The first-order valence-electron chi connectivity index (χ1n) is 46.4. The molecule has 0 spiro atoms. The van der Waals surface area contributed by atoms with Crippen molar-refractivity contribution >= 4 is 128 Å². The zero-order chi connectivity index (χ0) is 103. The number of aliphatic hydroxyl groups is 2. The van der Waals surface area contributed by atoms with Crippen LogP contribution in [0.1, 0.15) is 183 Å². The highest BCUT2D eigenvalue weighted by Gasteiger charge is 2.39. The van der Waals surface area contributed by atoms with E-state index in [0.29, 0.717) is 36.5 Å². The van der Waals surface area contributed by atoms with Crippen molar-refractivity contribution in [1.82, 2.24) is 89.7 Å². The second-order valence-electron chi connectivity index (χ2n) is 34.0. The fourth-order valence-corrected chi connectivity index (χ4v) is 15.7. The van der Waals surface area contributed by atoms with Gasteiger partial charge in [-0.15, -0.1) is 11.8 Å². The van der Waals surface area contributed by atoms with E-state index in [2.05, 4.69) is 109 Å². The number of nitrogens with one attached hydrogen (secondary N) is 16. The van der Waals surface area contributed by atoms with Gasteiger partial charge in [0.15, 0.2) is 17.3 Å². The van der Waals surface area contributed by atoms with E-state index in [4.69, 9.17) is 57.7 Å². The average molecular weight is 1980 g/mol. The fourth-order valence-electron chi connectivity index (χ4n) is 14.4. The number of benzene rings is 1. The Balaban J connectivity index is 0.000000926. The van der Waals surface area contributed by atoms with Crippen molar-refractivity contribution < 1.29 is 109 Å². The molecule has 0 aliphatic carbocycles. The SMILES string of the molecule is CC(C)CC1NC(=O)C(Cc2ccccc2)NC(=O)C(CCN)NC(=O)C(NC(=O)C(CCN)NC(=O)C(CCO)NC(=O)C(CCN)NC=O)CCNC(=O)C(CCO)NC(=O)C(CCN)NC(=O)C(CCN)NC1=O.CCN[C@@H](CC(N)=O)C(=O)CC(=O)[C@H](Cc1cnc[nH]1)NCN[C@H](C(=O)CCC(=O)[C@@H](NCCC(=O)C1CSC(C(N)C(C)CC)=N1)[C@H](C)CC)[C@H](C)CC.O=S(=O)(O)O. The Morgan fingerprint density at radius 3 is 1.54 bits per heavy atom. The van der Waals surface area contributed by atoms with Crippen molar-refractivity contribution in [3.05, 3.63) is 54.1 Å². The molecule has 1 aromatic carbocycles. The third-order valence-corrected chi connectivity index (χ3v) is 24.0. The van der Waals surface area contributed by atoms with Crippen molar-refractivity contribution in [2.24, 2.45) is 68.8 Å². The molecule has 50 heteroatoms. The van der Waals surface area contributed by atoms with Crippen LogP contribution in [0.5, 0.6) is 0 Å². The summed E-state index contributed by atoms with van der Waals surface area (Å²) in [6.45, 7) is 16.1. The summed E-state index contributed by atoms with van der Waals surface area (Å²) in [6.07, 6.45) is 3.82. The minimum atomic E-state index is -4.67. The first kappa shape index (κ1) is 123. The van der Waals surface area contributed by atoms with Crippen LogP contribution in [0.3, 0.4) is 0 Å². The molecule has 12 amide bonds. The van der Waals surface area contributed by atoms with E-state index in [9.17, 15) is 91.7 Å². The third kappa shape index (κ3) is 47.4. The molecular formula is C87H151N25O23S2. The van der Waals surface area contributed by atoms with E-state index in [-0.39, 0.29) is 189 Å². The van der Waals surface area contributed by atoms with Gasteiger partial charge in [0.1, 0.15) is 78.0 Å². The molecule has 13 unspecified atom stereocenters. The van der Waals surface area contributed by atoms with Gasteiger partial charge in [0.25, 0.3) is 0 Å². The van der Waals surface area contributed by atoms with Gasteiger partial charge in [-0.1, -0.05) is 112 Å². The molecule has 0 radical (unpaired) electrons. The lowest BCUT2D eigenvalue weighted by Crippen LogP contribution is -2.61. The summed E-state index contributed by atoms with van der Waals surface area (Å²) in [5.41, 5.74) is 41.9. The van der Waals surface area contributed by atoms with E-state index in [1.54, 1.807) is 69.1 Å². The van der Waals surface area contributed by atoms with Gasteiger partial charge in [0.2, 0.25) is 71.4 Å². The summed E-state index contributed by atoms with van der Waals surface area (Å²) in [6, 6.07) is -8.79. The third-order valence-electron chi connectivity index (χ3n) is 22.8. The second-order valence-corrected chi connectivity index (χ2v) is 35.9. The van der Waals surface area contributed by atoms with Gasteiger partial charge in [-0.05, 0) is 126 Å². The zero-order valence-electron chi connectivity index (χ0n) is 79.9. The Kier molecular flexibility index (Phi) is 60.3. The van der Waals surface area contributed by atoms with Crippen LogP contribution in [0, 0.1) is 23.7 Å². The minimum Gasteiger partial charge on any atom is -0.396 e. The molecule has 4 rings (SSSR count). The van der Waals surface area contributed by atoms with Gasteiger partial charge in [0.05, 0.1) is 48.0 Å². The number of H-pyrrole nitrogens is 1. The average Bonchev–Trinajstić information content (AvgIpc) is 1.83. The summed E-state index contributed by atoms with van der Waals surface area (Å²) >= 11 is 1.56. The van der Waals surface area contributed by atoms with Gasteiger partial charge in [-0.3, -0.25) is 106 Å². The van der Waals surface area contributed by atoms with Crippen molar-refractivity contribution in [2.45, 2.75) is 281 Å². The second kappa shape index (κ2) is 67.2.